The Kier molecular flexibility index (Phi) is 15.1. The molecule has 3 aliphatic heterocycles. The van der Waals surface area contributed by atoms with Crippen molar-refractivity contribution in [2.45, 2.75) is 154 Å². The molecule has 0 radical (unpaired) electrons. The minimum absolute atomic E-state index is 0.00904. The third kappa shape index (κ3) is 9.90. The summed E-state index contributed by atoms with van der Waals surface area (Å²) in [7, 11) is 5.39. The number of aromatic nitrogens is 4. The molecule has 0 saturated carbocycles. The Morgan fingerprint density at radius 2 is 1.78 bits per heavy atom. The molecule has 0 bridgehead atoms. The topological polar surface area (TPSA) is 180 Å². The Labute approximate surface area is 343 Å². The number of nitrogens with one attached hydrogen (secondary N) is 1. The van der Waals surface area contributed by atoms with Crippen LogP contribution >= 0.6 is 0 Å². The fourth-order valence-corrected chi connectivity index (χ4v) is 9.25. The predicted molar refractivity (Wildman–Crippen MR) is 215 cm³/mol. The van der Waals surface area contributed by atoms with Crippen LogP contribution in [0.2, 0.25) is 0 Å². The summed E-state index contributed by atoms with van der Waals surface area (Å²) in [4.78, 5) is 50.2. The second-order valence-corrected chi connectivity index (χ2v) is 17.4. The predicted octanol–water partition coefficient (Wildman–Crippen LogP) is 4.10. The molecule has 324 valence electrons. The SMILES string of the molecule is CC[C@H]1OC(=O)[C@H](C)C(=O)[C@@H](C)[C@@H](O[C@@H]2O[C@H](C)CC(N(C)C)C2O)[C@](C)(OC)C[C@@H](C)CN[C@H](C)[C@H]2N(CCCCn3cc(-c4ccccn4)nn3)C(=O)O[C@]12C. The van der Waals surface area contributed by atoms with Gasteiger partial charge in [-0.3, -0.25) is 24.2 Å². The van der Waals surface area contributed by atoms with Crippen LogP contribution in [0.4, 0.5) is 4.79 Å². The van der Waals surface area contributed by atoms with E-state index in [1.165, 1.54) is 6.92 Å². The first-order chi connectivity index (χ1) is 27.4. The van der Waals surface area contributed by atoms with E-state index in [0.29, 0.717) is 51.0 Å². The van der Waals surface area contributed by atoms with Crippen LogP contribution in [0.25, 0.3) is 11.4 Å². The van der Waals surface area contributed by atoms with E-state index in [1.807, 2.05) is 78.0 Å². The van der Waals surface area contributed by atoms with E-state index in [9.17, 15) is 19.5 Å². The number of cyclic esters (lactones) is 1. The molecule has 3 aliphatic rings. The minimum atomic E-state index is -1.23. The van der Waals surface area contributed by atoms with Gasteiger partial charge in [-0.25, -0.2) is 4.79 Å². The van der Waals surface area contributed by atoms with Crippen LogP contribution in [0.5, 0.6) is 0 Å². The maximum atomic E-state index is 14.4. The Bertz CT molecular complexity index is 1680. The molecule has 0 aliphatic carbocycles. The van der Waals surface area contributed by atoms with E-state index in [4.69, 9.17) is 23.7 Å². The number of esters is 1. The van der Waals surface area contributed by atoms with Crippen LogP contribution in [-0.4, -0.2) is 147 Å². The zero-order chi connectivity index (χ0) is 42.5. The van der Waals surface area contributed by atoms with Crippen LogP contribution in [0.3, 0.4) is 0 Å². The first-order valence-corrected chi connectivity index (χ1v) is 20.9. The number of rotatable bonds is 11. The number of ketones is 1. The molecule has 16 nitrogen and oxygen atoms in total. The fraction of sp³-hybridized carbons (Fsp3) is 0.762. The molecular weight excluding hydrogens is 747 g/mol. The number of unbranched alkanes of at least 4 members (excludes halogenated alkanes) is 1. The second kappa shape index (κ2) is 19.2. The Balaban J connectivity index is 1.38. The van der Waals surface area contributed by atoms with Crippen molar-refractivity contribution in [2.24, 2.45) is 17.8 Å². The lowest BCUT2D eigenvalue weighted by molar-refractivity contribution is -0.295. The Morgan fingerprint density at radius 3 is 2.43 bits per heavy atom. The van der Waals surface area contributed by atoms with Crippen molar-refractivity contribution in [1.29, 1.82) is 0 Å². The first kappa shape index (κ1) is 45.5. The number of aliphatic hydroxyl groups is 1. The second-order valence-electron chi connectivity index (χ2n) is 17.4. The number of hydrogen-bond acceptors (Lipinski definition) is 14. The van der Waals surface area contributed by atoms with E-state index >= 15 is 0 Å². The van der Waals surface area contributed by atoms with Crippen molar-refractivity contribution in [3.63, 3.8) is 0 Å². The lowest BCUT2D eigenvalue weighted by Gasteiger charge is -2.46. The Hall–Kier alpha value is -3.54. The fourth-order valence-electron chi connectivity index (χ4n) is 9.25. The van der Waals surface area contributed by atoms with Crippen molar-refractivity contribution >= 4 is 17.8 Å². The van der Waals surface area contributed by atoms with Gasteiger partial charge in [0.1, 0.15) is 23.8 Å². The number of fused-ring (bicyclic) bond motifs is 1. The zero-order valence-electron chi connectivity index (χ0n) is 36.3. The third-order valence-electron chi connectivity index (χ3n) is 12.6. The molecule has 3 saturated heterocycles. The standard InChI is InChI=1S/C42H67N7O9/c1-12-33-42(8)36(49(40(53)58-42)20-16-15-19-48-24-31(45-46-48)30-17-13-14-18-43-30)29(6)44-23-25(2)22-41(7,54-11)37(27(4)34(50)28(5)38(52)56-33)57-39-35(51)32(47(9)10)21-26(3)55-39/h13-14,17-18,24-29,32-33,35-37,39,44,51H,12,15-16,19-23H2,1-11H3/t25-,26-,27-,28-,29-,32?,33-,35?,36-,37-,39+,41-,42-/m1/s1. The summed E-state index contributed by atoms with van der Waals surface area (Å²) >= 11 is 0. The summed E-state index contributed by atoms with van der Waals surface area (Å²) in [5.74, 6) is -3.15. The van der Waals surface area contributed by atoms with E-state index < -0.39 is 71.5 Å². The highest BCUT2D eigenvalue weighted by Crippen LogP contribution is 2.40. The molecule has 0 spiro atoms. The summed E-state index contributed by atoms with van der Waals surface area (Å²) < 4.78 is 33.3. The lowest BCUT2D eigenvalue weighted by Crippen LogP contribution is -2.61. The van der Waals surface area contributed by atoms with E-state index in [2.05, 4.69) is 27.5 Å². The van der Waals surface area contributed by atoms with Gasteiger partial charge in [0.15, 0.2) is 17.7 Å². The van der Waals surface area contributed by atoms with Gasteiger partial charge in [-0.05, 0) is 105 Å². The van der Waals surface area contributed by atoms with Gasteiger partial charge in [-0.2, -0.15) is 0 Å². The highest BCUT2D eigenvalue weighted by molar-refractivity contribution is 6.00. The molecule has 2 unspecified atom stereocenters. The van der Waals surface area contributed by atoms with Crippen molar-refractivity contribution in [3.8, 4) is 11.4 Å². The van der Waals surface area contributed by atoms with Gasteiger partial charge >= 0.3 is 12.1 Å². The number of carbonyl (C=O) groups is 3. The molecule has 2 aromatic heterocycles. The average Bonchev–Trinajstić information content (AvgIpc) is 3.77. The van der Waals surface area contributed by atoms with Gasteiger partial charge in [0, 0.05) is 44.4 Å². The molecule has 58 heavy (non-hydrogen) atoms. The molecule has 13 atom stereocenters. The number of hydrogen-bond donors (Lipinski definition) is 2. The summed E-state index contributed by atoms with van der Waals surface area (Å²) in [5, 5.41) is 23.6. The van der Waals surface area contributed by atoms with E-state index in [1.54, 1.807) is 29.8 Å². The van der Waals surface area contributed by atoms with Crippen LogP contribution in [-0.2, 0) is 39.8 Å². The van der Waals surface area contributed by atoms with Crippen LogP contribution in [0, 0.1) is 17.8 Å². The quantitative estimate of drug-likeness (QED) is 0.188. The number of amides is 1. The van der Waals surface area contributed by atoms with Gasteiger partial charge in [0.25, 0.3) is 0 Å². The highest BCUT2D eigenvalue weighted by Gasteiger charge is 2.58. The smallest absolute Gasteiger partial charge is 0.410 e. The molecule has 5 rings (SSSR count). The number of aliphatic hydroxyl groups excluding tert-OH is 1. The highest BCUT2D eigenvalue weighted by atomic mass is 16.7. The lowest BCUT2D eigenvalue weighted by atomic mass is 9.78. The normalized spacial score (nSPS) is 36.9. The number of carbonyl (C=O) groups excluding carboxylic acids is 3. The number of likely N-dealkylation sites (N-methyl/N-ethyl adjacent to an activating group) is 1. The number of Topliss-reactive ketones (excluding diaryl/α,β-unsaturated/α-hetero) is 1. The molecule has 1 amide bonds. The number of aryl methyl sites for hydroxylation is 1. The Morgan fingerprint density at radius 1 is 1.05 bits per heavy atom. The molecule has 3 fully saturated rings. The van der Waals surface area contributed by atoms with Crippen molar-refractivity contribution in [2.75, 3.05) is 34.3 Å². The van der Waals surface area contributed by atoms with Gasteiger partial charge in [-0.15, -0.1) is 5.10 Å². The van der Waals surface area contributed by atoms with E-state index in [0.717, 1.165) is 12.1 Å². The van der Waals surface area contributed by atoms with Crippen molar-refractivity contribution < 1.29 is 43.2 Å². The molecule has 2 aromatic rings. The van der Waals surface area contributed by atoms with Crippen LogP contribution in [0.1, 0.15) is 87.5 Å². The molecule has 16 heteroatoms. The van der Waals surface area contributed by atoms with Crippen LogP contribution in [0.15, 0.2) is 30.6 Å². The van der Waals surface area contributed by atoms with E-state index in [-0.39, 0.29) is 24.1 Å². The molecule has 0 aromatic carbocycles. The number of nitrogens with zero attached hydrogens (tertiary/aromatic N) is 6. The summed E-state index contributed by atoms with van der Waals surface area (Å²) in [5.41, 5.74) is -0.833. The summed E-state index contributed by atoms with van der Waals surface area (Å²) in [6.07, 6.45) is 1.92. The number of methoxy groups -OCH3 is 1. The number of pyridine rings is 1. The van der Waals surface area contributed by atoms with Gasteiger partial charge in [0.05, 0.1) is 35.7 Å². The third-order valence-corrected chi connectivity index (χ3v) is 12.6. The monoisotopic (exact) mass is 814 g/mol. The van der Waals surface area contributed by atoms with Gasteiger partial charge < -0.3 is 39.0 Å². The van der Waals surface area contributed by atoms with Gasteiger partial charge in [-0.1, -0.05) is 32.1 Å². The van der Waals surface area contributed by atoms with Crippen molar-refractivity contribution in [1.82, 2.24) is 35.1 Å². The molecule has 5 heterocycles. The zero-order valence-corrected chi connectivity index (χ0v) is 36.3. The largest absolute Gasteiger partial charge is 0.458 e. The van der Waals surface area contributed by atoms with Gasteiger partial charge in [0.2, 0.25) is 0 Å². The molecule has 2 N–H and O–H groups in total. The summed E-state index contributed by atoms with van der Waals surface area (Å²) in [6.45, 7) is 16.4. The molecular formula is C42H67N7O9. The number of ether oxygens (including phenoxy) is 5. The maximum absolute atomic E-state index is 14.4. The maximum Gasteiger partial charge on any atom is 0.410 e. The average molecular weight is 814 g/mol. The van der Waals surface area contributed by atoms with Crippen molar-refractivity contribution in [3.05, 3.63) is 30.6 Å². The van der Waals surface area contributed by atoms with Crippen LogP contribution < -0.4 is 5.32 Å². The summed E-state index contributed by atoms with van der Waals surface area (Å²) in [6, 6.07) is 4.61. The first-order valence-electron chi connectivity index (χ1n) is 20.9. The minimum Gasteiger partial charge on any atom is -0.458 e.